The van der Waals surface area contributed by atoms with Crippen LogP contribution in [0.2, 0.25) is 0 Å². The standard InChI is InChI=1S/C48H46O8/c1-29(28-49)38-20-14-30-12-15-33(16-13-30)39-21-17-36(35-11-7-10-32(25-35)24-31-8-5-4-6-9-31)26-37(39)27-42(51)54-45-43-40(56-48(2,3)46(45)55-47(38)52)22-18-34-19-23-41(50)53-44(34)43/h4-13,15-19,21-23,25,36-37,39,45-46,49H,14,20,24,26-28H2,1-3H3/t36-,37+,39-,45+,46+/m1/s1. The number of benzene rings is 4. The van der Waals surface area contributed by atoms with E-state index >= 15 is 0 Å². The molecular formula is C48H46O8. The summed E-state index contributed by atoms with van der Waals surface area (Å²) >= 11 is 0. The first-order valence-electron chi connectivity index (χ1n) is 19.4. The first-order valence-corrected chi connectivity index (χ1v) is 19.4. The summed E-state index contributed by atoms with van der Waals surface area (Å²) in [7, 11) is 0. The van der Waals surface area contributed by atoms with Crippen molar-refractivity contribution in [1.29, 1.82) is 0 Å². The van der Waals surface area contributed by atoms with Crippen molar-refractivity contribution in [2.75, 3.05) is 6.61 Å². The van der Waals surface area contributed by atoms with Crippen LogP contribution < -0.4 is 10.4 Å². The average molecular weight is 751 g/mol. The molecule has 4 heterocycles. The van der Waals surface area contributed by atoms with Crippen LogP contribution in [0.15, 0.2) is 136 Å². The quantitative estimate of drug-likeness (QED) is 0.0840. The molecule has 3 aliphatic heterocycles. The zero-order valence-corrected chi connectivity index (χ0v) is 31.9. The Balaban J connectivity index is 1.20. The van der Waals surface area contributed by atoms with Crippen molar-refractivity contribution in [2.24, 2.45) is 5.92 Å². The van der Waals surface area contributed by atoms with Crippen LogP contribution in [0.1, 0.15) is 91.4 Å². The second-order valence-corrected chi connectivity index (χ2v) is 15.9. The fourth-order valence-electron chi connectivity index (χ4n) is 8.60. The monoisotopic (exact) mass is 750 g/mol. The lowest BCUT2D eigenvalue weighted by molar-refractivity contribution is -0.188. The van der Waals surface area contributed by atoms with Gasteiger partial charge in [-0.25, -0.2) is 9.59 Å². The van der Waals surface area contributed by atoms with Crippen LogP contribution in [0.4, 0.5) is 0 Å². The maximum absolute atomic E-state index is 14.5. The number of carbonyl (C=O) groups is 2. The molecule has 1 aliphatic carbocycles. The van der Waals surface area contributed by atoms with Gasteiger partial charge in [0.2, 0.25) is 0 Å². The summed E-state index contributed by atoms with van der Waals surface area (Å²) in [5.74, 6) is -0.821. The van der Waals surface area contributed by atoms with Crippen LogP contribution in [-0.4, -0.2) is 35.4 Å². The van der Waals surface area contributed by atoms with Gasteiger partial charge in [0.25, 0.3) is 0 Å². The van der Waals surface area contributed by atoms with Gasteiger partial charge in [-0.05, 0) is 104 Å². The summed E-state index contributed by atoms with van der Waals surface area (Å²) in [6.45, 7) is 4.94. The number of aliphatic hydroxyl groups is 1. The Morgan fingerprint density at radius 2 is 1.57 bits per heavy atom. The number of allylic oxidation sites excluding steroid dienone is 2. The third kappa shape index (κ3) is 7.58. The number of rotatable bonds is 4. The van der Waals surface area contributed by atoms with Crippen LogP contribution in [0, 0.1) is 5.92 Å². The largest absolute Gasteiger partial charge is 0.483 e. The predicted octanol–water partition coefficient (Wildman–Crippen LogP) is 8.84. The molecule has 2 bridgehead atoms. The molecule has 1 aromatic heterocycles. The summed E-state index contributed by atoms with van der Waals surface area (Å²) < 4.78 is 25.0. The maximum atomic E-state index is 14.5. The molecule has 0 amide bonds. The number of aliphatic hydroxyl groups excluding tert-OH is 1. The van der Waals surface area contributed by atoms with Crippen molar-refractivity contribution < 1.29 is 33.3 Å². The summed E-state index contributed by atoms with van der Waals surface area (Å²) in [6, 6.07) is 34.0. The van der Waals surface area contributed by atoms with Gasteiger partial charge in [0, 0.05) is 35.3 Å². The molecule has 0 saturated carbocycles. The molecule has 0 fully saturated rings. The number of hydrogen-bond acceptors (Lipinski definition) is 8. The molecule has 0 spiro atoms. The minimum absolute atomic E-state index is 0.0498. The summed E-state index contributed by atoms with van der Waals surface area (Å²) in [5.41, 5.74) is 5.42. The van der Waals surface area contributed by atoms with Crippen LogP contribution in [-0.2, 0) is 31.9 Å². The van der Waals surface area contributed by atoms with Gasteiger partial charge in [-0.2, -0.15) is 0 Å². The number of aryl methyl sites for hydroxylation is 1. The zero-order chi connectivity index (χ0) is 39.0. The van der Waals surface area contributed by atoms with Gasteiger partial charge in [0.05, 0.1) is 12.2 Å². The van der Waals surface area contributed by atoms with E-state index in [-0.39, 0.29) is 36.4 Å². The molecule has 9 rings (SSSR count). The van der Waals surface area contributed by atoms with Gasteiger partial charge in [-0.3, -0.25) is 4.79 Å². The van der Waals surface area contributed by atoms with Gasteiger partial charge in [-0.1, -0.05) is 91.0 Å². The predicted molar refractivity (Wildman–Crippen MR) is 213 cm³/mol. The minimum Gasteiger partial charge on any atom is -0.483 e. The third-order valence-electron chi connectivity index (χ3n) is 11.6. The van der Waals surface area contributed by atoms with Gasteiger partial charge in [0.15, 0.2) is 12.2 Å². The highest BCUT2D eigenvalue weighted by Gasteiger charge is 2.50. The lowest BCUT2D eigenvalue weighted by atomic mass is 9.72. The number of carbonyl (C=O) groups excluding carboxylic acids is 2. The second kappa shape index (κ2) is 15.4. The van der Waals surface area contributed by atoms with E-state index in [1.54, 1.807) is 39.0 Å². The molecule has 0 radical (unpaired) electrons. The van der Waals surface area contributed by atoms with Crippen molar-refractivity contribution in [3.63, 3.8) is 0 Å². The Labute approximate surface area is 326 Å². The van der Waals surface area contributed by atoms with Crippen molar-refractivity contribution in [3.8, 4) is 5.75 Å². The highest BCUT2D eigenvalue weighted by atomic mass is 16.6. The molecule has 5 atom stereocenters. The van der Waals surface area contributed by atoms with Crippen molar-refractivity contribution >= 4 is 22.9 Å². The first kappa shape index (κ1) is 37.2. The first-order chi connectivity index (χ1) is 27.1. The smallest absolute Gasteiger partial charge is 0.336 e. The molecule has 0 unspecified atom stereocenters. The summed E-state index contributed by atoms with van der Waals surface area (Å²) in [5, 5.41) is 10.8. The Kier molecular flexibility index (Phi) is 10.2. The lowest BCUT2D eigenvalue weighted by Gasteiger charge is -2.43. The van der Waals surface area contributed by atoms with E-state index in [9.17, 15) is 19.5 Å². The van der Waals surface area contributed by atoms with Gasteiger partial charge in [-0.15, -0.1) is 0 Å². The third-order valence-corrected chi connectivity index (χ3v) is 11.6. The maximum Gasteiger partial charge on any atom is 0.336 e. The fourth-order valence-corrected chi connectivity index (χ4v) is 8.60. The van der Waals surface area contributed by atoms with E-state index in [1.807, 2.05) is 6.07 Å². The highest BCUT2D eigenvalue weighted by molar-refractivity contribution is 5.90. The average Bonchev–Trinajstić information content (AvgIpc) is 3.19. The van der Waals surface area contributed by atoms with E-state index in [0.717, 1.165) is 17.5 Å². The fraction of sp³-hybridized carbons (Fsp3) is 0.312. The Morgan fingerprint density at radius 1 is 0.804 bits per heavy atom. The number of ether oxygens (including phenoxy) is 3. The van der Waals surface area contributed by atoms with Crippen LogP contribution >= 0.6 is 0 Å². The minimum atomic E-state index is -1.17. The zero-order valence-electron chi connectivity index (χ0n) is 31.9. The van der Waals surface area contributed by atoms with Gasteiger partial charge in [0.1, 0.15) is 16.9 Å². The topological polar surface area (TPSA) is 112 Å². The van der Waals surface area contributed by atoms with Gasteiger partial charge >= 0.3 is 17.6 Å². The molecule has 286 valence electrons. The van der Waals surface area contributed by atoms with Crippen molar-refractivity contribution in [3.05, 3.63) is 170 Å². The van der Waals surface area contributed by atoms with Crippen LogP contribution in [0.25, 0.3) is 11.0 Å². The van der Waals surface area contributed by atoms with Crippen molar-refractivity contribution in [1.82, 2.24) is 0 Å². The van der Waals surface area contributed by atoms with Crippen molar-refractivity contribution in [2.45, 2.75) is 82.5 Å². The Hall–Kier alpha value is -5.73. The summed E-state index contributed by atoms with van der Waals surface area (Å²) in [4.78, 5) is 41.2. The number of fused-ring (bicyclic) bond motifs is 11. The number of hydrogen-bond donors (Lipinski definition) is 1. The van der Waals surface area contributed by atoms with E-state index < -0.39 is 35.4 Å². The molecule has 4 aliphatic rings. The van der Waals surface area contributed by atoms with Crippen LogP contribution in [0.5, 0.6) is 5.75 Å². The summed E-state index contributed by atoms with van der Waals surface area (Å²) in [6.07, 6.45) is 4.73. The lowest BCUT2D eigenvalue weighted by Crippen LogP contribution is -2.52. The highest BCUT2D eigenvalue weighted by Crippen LogP contribution is 2.48. The van der Waals surface area contributed by atoms with Crippen LogP contribution in [0.3, 0.4) is 0 Å². The molecule has 5 aromatic rings. The molecule has 8 nitrogen and oxygen atoms in total. The molecule has 1 N–H and O–H groups in total. The van der Waals surface area contributed by atoms with E-state index in [1.165, 1.54) is 22.8 Å². The normalized spacial score (nSPS) is 24.2. The van der Waals surface area contributed by atoms with Gasteiger partial charge < -0.3 is 23.7 Å². The Bertz CT molecular complexity index is 2390. The Morgan fingerprint density at radius 3 is 2.36 bits per heavy atom. The van der Waals surface area contributed by atoms with E-state index in [2.05, 4.69) is 84.9 Å². The molecule has 8 heteroatoms. The number of esters is 2. The molecule has 56 heavy (non-hydrogen) atoms. The second-order valence-electron chi connectivity index (χ2n) is 15.9. The van der Waals surface area contributed by atoms with E-state index in [0.29, 0.717) is 47.1 Å². The molecule has 4 aromatic carbocycles. The molecule has 0 saturated heterocycles. The van der Waals surface area contributed by atoms with E-state index in [4.69, 9.17) is 18.6 Å². The SMILES string of the molecule is CC(CO)=C1CCc2ccc(cc2)[C@H]2C=C[C@@H](c3cccc(Cc4ccccc4)c3)C[C@H]2CC(=O)O[C@H]2c3c(ccc4ccc(=O)oc34)OC(C)(C)[C@H]2OC1=O. The molecular weight excluding hydrogens is 705 g/mol.